The molecule has 11 heteroatoms. The monoisotopic (exact) mass is 495 g/mol. The predicted molar refractivity (Wildman–Crippen MR) is 125 cm³/mol. The van der Waals surface area contributed by atoms with Crippen LogP contribution in [0.15, 0.2) is 79.0 Å². The Kier molecular flexibility index (Phi) is 6.11. The maximum absolute atomic E-state index is 12.9. The van der Waals surface area contributed by atoms with E-state index in [4.69, 9.17) is 4.74 Å². The Labute approximate surface area is 201 Å². The van der Waals surface area contributed by atoms with Gasteiger partial charge in [0.2, 0.25) is 5.95 Å². The average Bonchev–Trinajstić information content (AvgIpc) is 3.32. The third-order valence-corrected chi connectivity index (χ3v) is 5.09. The third kappa shape index (κ3) is 5.35. The Morgan fingerprint density at radius 2 is 1.69 bits per heavy atom. The molecule has 182 valence electrons. The Balaban J connectivity index is 1.30. The zero-order chi connectivity index (χ0) is 25.1. The lowest BCUT2D eigenvalue weighted by molar-refractivity contribution is -0.274. The summed E-state index contributed by atoms with van der Waals surface area (Å²) in [6.45, 7) is -0.561. The van der Waals surface area contributed by atoms with Gasteiger partial charge < -0.3 is 19.8 Å². The number of nitrogens with one attached hydrogen (secondary N) is 2. The van der Waals surface area contributed by atoms with E-state index in [1.165, 1.54) is 24.4 Å². The normalized spacial score (nSPS) is 11.4. The molecule has 5 rings (SSSR count). The Bertz CT molecular complexity index is 1500. The van der Waals surface area contributed by atoms with Crippen LogP contribution in [0.25, 0.3) is 22.3 Å². The van der Waals surface area contributed by atoms with Crippen LogP contribution in [-0.2, 0) is 6.67 Å². The molecule has 0 saturated heterocycles. The quantitative estimate of drug-likeness (QED) is 0.238. The van der Waals surface area contributed by atoms with Crippen LogP contribution in [0.2, 0.25) is 0 Å². The lowest BCUT2D eigenvalue weighted by Crippen LogP contribution is -2.17. The number of nitrogens with zero attached hydrogens (tertiary/aromatic N) is 3. The molecule has 2 heterocycles. The van der Waals surface area contributed by atoms with Crippen LogP contribution in [-0.4, -0.2) is 26.5 Å². The number of benzene rings is 3. The minimum Gasteiger partial charge on any atom is -0.457 e. The number of anilines is 2. The van der Waals surface area contributed by atoms with E-state index < -0.39 is 13.0 Å². The van der Waals surface area contributed by atoms with E-state index in [2.05, 4.69) is 30.2 Å². The van der Waals surface area contributed by atoms with Crippen molar-refractivity contribution in [1.82, 2.24) is 20.2 Å². The van der Waals surface area contributed by atoms with Crippen molar-refractivity contribution >= 4 is 22.5 Å². The average molecular weight is 495 g/mol. The van der Waals surface area contributed by atoms with E-state index >= 15 is 0 Å². The fourth-order valence-electron chi connectivity index (χ4n) is 3.51. The molecule has 36 heavy (non-hydrogen) atoms. The van der Waals surface area contributed by atoms with Gasteiger partial charge in [-0.05, 0) is 60.2 Å². The van der Waals surface area contributed by atoms with E-state index in [-0.39, 0.29) is 5.75 Å². The van der Waals surface area contributed by atoms with E-state index in [9.17, 15) is 17.6 Å². The molecule has 7 nitrogen and oxygen atoms in total. The second-order valence-corrected chi connectivity index (χ2v) is 7.64. The van der Waals surface area contributed by atoms with Crippen LogP contribution in [0, 0.1) is 0 Å². The molecule has 0 amide bonds. The SMILES string of the molecule is FCc1cccc(Nc2nnc(-c3ccc(Oc4ccnc5cc(OC(F)(F)F)ccc45)cc3)[nH]2)c1. The Morgan fingerprint density at radius 1 is 0.889 bits per heavy atom. The lowest BCUT2D eigenvalue weighted by Gasteiger charge is -2.11. The maximum Gasteiger partial charge on any atom is 0.573 e. The van der Waals surface area contributed by atoms with Gasteiger partial charge in [-0.3, -0.25) is 4.98 Å². The summed E-state index contributed by atoms with van der Waals surface area (Å²) >= 11 is 0. The summed E-state index contributed by atoms with van der Waals surface area (Å²) in [4.78, 5) is 7.16. The molecular weight excluding hydrogens is 478 g/mol. The first-order valence-corrected chi connectivity index (χ1v) is 10.6. The fourth-order valence-corrected chi connectivity index (χ4v) is 3.51. The number of hydrogen-bond donors (Lipinski definition) is 2. The van der Waals surface area contributed by atoms with Gasteiger partial charge in [-0.25, -0.2) is 4.39 Å². The molecule has 0 aliphatic carbocycles. The predicted octanol–water partition coefficient (Wildman–Crippen LogP) is 6.92. The molecule has 5 aromatic rings. The molecule has 0 aliphatic heterocycles. The van der Waals surface area contributed by atoms with E-state index in [0.29, 0.717) is 45.4 Å². The largest absolute Gasteiger partial charge is 0.573 e. The van der Waals surface area contributed by atoms with Gasteiger partial charge in [0.1, 0.15) is 23.9 Å². The van der Waals surface area contributed by atoms with Crippen molar-refractivity contribution in [3.63, 3.8) is 0 Å². The molecule has 3 aromatic carbocycles. The summed E-state index contributed by atoms with van der Waals surface area (Å²) in [6, 6.07) is 19.4. The highest BCUT2D eigenvalue weighted by molar-refractivity contribution is 5.86. The van der Waals surface area contributed by atoms with Crippen molar-refractivity contribution in [3.8, 4) is 28.6 Å². The molecule has 0 atom stereocenters. The number of fused-ring (bicyclic) bond motifs is 1. The highest BCUT2D eigenvalue weighted by Crippen LogP contribution is 2.33. The molecule has 0 radical (unpaired) electrons. The van der Waals surface area contributed by atoms with E-state index in [1.807, 2.05) is 0 Å². The molecule has 0 bridgehead atoms. The number of ether oxygens (including phenoxy) is 2. The standard InChI is InChI=1S/C25H17F4N5O2/c26-14-15-2-1-3-17(12-15)31-24-32-23(33-34-24)16-4-6-18(7-5-16)35-22-10-11-30-21-13-19(8-9-20(21)22)36-25(27,28)29/h1-13H,14H2,(H2,31,32,33,34). The minimum atomic E-state index is -4.79. The highest BCUT2D eigenvalue weighted by Gasteiger charge is 2.31. The first-order chi connectivity index (χ1) is 17.4. The van der Waals surface area contributed by atoms with Crippen molar-refractivity contribution in [2.24, 2.45) is 0 Å². The zero-order valence-electron chi connectivity index (χ0n) is 18.4. The third-order valence-electron chi connectivity index (χ3n) is 5.09. The second kappa shape index (κ2) is 9.53. The van der Waals surface area contributed by atoms with Gasteiger partial charge in [0.05, 0.1) is 5.52 Å². The Morgan fingerprint density at radius 3 is 2.47 bits per heavy atom. The van der Waals surface area contributed by atoms with Gasteiger partial charge in [0.15, 0.2) is 5.82 Å². The summed E-state index contributed by atoms with van der Waals surface area (Å²) in [5, 5.41) is 11.8. The second-order valence-electron chi connectivity index (χ2n) is 7.64. The van der Waals surface area contributed by atoms with Gasteiger partial charge in [-0.1, -0.05) is 12.1 Å². The van der Waals surface area contributed by atoms with Crippen LogP contribution in [0.3, 0.4) is 0 Å². The van der Waals surface area contributed by atoms with Crippen molar-refractivity contribution in [2.75, 3.05) is 5.32 Å². The summed E-state index contributed by atoms with van der Waals surface area (Å²) < 4.78 is 60.2. The number of aromatic amines is 1. The van der Waals surface area contributed by atoms with Crippen LogP contribution < -0.4 is 14.8 Å². The number of H-pyrrole nitrogens is 1. The van der Waals surface area contributed by atoms with Crippen molar-refractivity contribution < 1.29 is 27.0 Å². The number of halogens is 4. The van der Waals surface area contributed by atoms with Crippen LogP contribution in [0.5, 0.6) is 17.2 Å². The molecule has 0 aliphatic rings. The topological polar surface area (TPSA) is 85.0 Å². The van der Waals surface area contributed by atoms with Gasteiger partial charge in [-0.15, -0.1) is 23.4 Å². The van der Waals surface area contributed by atoms with Crippen molar-refractivity contribution in [1.29, 1.82) is 0 Å². The summed E-state index contributed by atoms with van der Waals surface area (Å²) in [7, 11) is 0. The van der Waals surface area contributed by atoms with Crippen molar-refractivity contribution in [3.05, 3.63) is 84.6 Å². The molecule has 0 unspecified atom stereocenters. The smallest absolute Gasteiger partial charge is 0.457 e. The summed E-state index contributed by atoms with van der Waals surface area (Å²) in [5.41, 5.74) is 2.27. The lowest BCUT2D eigenvalue weighted by atomic mass is 10.2. The van der Waals surface area contributed by atoms with E-state index in [0.717, 1.165) is 5.56 Å². The molecule has 2 aromatic heterocycles. The van der Waals surface area contributed by atoms with E-state index in [1.54, 1.807) is 54.6 Å². The first-order valence-electron chi connectivity index (χ1n) is 10.6. The zero-order valence-corrected chi connectivity index (χ0v) is 18.4. The molecule has 0 saturated carbocycles. The number of hydrogen-bond acceptors (Lipinski definition) is 6. The van der Waals surface area contributed by atoms with Crippen LogP contribution in [0.1, 0.15) is 5.56 Å². The highest BCUT2D eigenvalue weighted by atomic mass is 19.4. The first kappa shape index (κ1) is 23.1. The summed E-state index contributed by atoms with van der Waals surface area (Å²) in [6.07, 6.45) is -3.35. The van der Waals surface area contributed by atoms with Crippen molar-refractivity contribution in [2.45, 2.75) is 13.0 Å². The number of alkyl halides is 4. The fraction of sp³-hybridized carbons (Fsp3) is 0.0800. The van der Waals surface area contributed by atoms with Gasteiger partial charge >= 0.3 is 6.36 Å². The number of rotatable bonds is 7. The minimum absolute atomic E-state index is 0.296. The number of pyridine rings is 1. The molecule has 2 N–H and O–H groups in total. The molecular formula is C25H17F4N5O2. The van der Waals surface area contributed by atoms with Crippen LogP contribution in [0.4, 0.5) is 29.2 Å². The van der Waals surface area contributed by atoms with Gasteiger partial charge in [-0.2, -0.15) is 0 Å². The van der Waals surface area contributed by atoms with Gasteiger partial charge in [0, 0.05) is 28.9 Å². The maximum atomic E-state index is 12.9. The molecule has 0 spiro atoms. The number of aromatic nitrogens is 4. The molecule has 0 fully saturated rings. The summed E-state index contributed by atoms with van der Waals surface area (Å²) in [5.74, 6) is 1.48. The van der Waals surface area contributed by atoms with Crippen LogP contribution >= 0.6 is 0 Å². The van der Waals surface area contributed by atoms with Gasteiger partial charge in [0.25, 0.3) is 0 Å². The Hall–Kier alpha value is -4.67.